The highest BCUT2D eigenvalue weighted by Crippen LogP contribution is 2.26. The van der Waals surface area contributed by atoms with Crippen LogP contribution in [0.3, 0.4) is 0 Å². The summed E-state index contributed by atoms with van der Waals surface area (Å²) in [6.07, 6.45) is -0.447. The van der Waals surface area contributed by atoms with E-state index in [4.69, 9.17) is 9.47 Å². The third kappa shape index (κ3) is 5.72. The Balaban J connectivity index is 2.21. The van der Waals surface area contributed by atoms with Crippen LogP contribution in [0.4, 0.5) is 13.6 Å². The van der Waals surface area contributed by atoms with Crippen molar-refractivity contribution in [1.82, 2.24) is 10.2 Å². The average molecular weight is 477 g/mol. The summed E-state index contributed by atoms with van der Waals surface area (Å²) in [5.41, 5.74) is -0.885. The molecule has 1 aromatic carbocycles. The van der Waals surface area contributed by atoms with Crippen LogP contribution < -0.4 is 5.32 Å². The molecule has 1 unspecified atom stereocenters. The third-order valence-corrected chi connectivity index (χ3v) is 5.18. The zero-order valence-electron chi connectivity index (χ0n) is 16.2. The van der Waals surface area contributed by atoms with E-state index < -0.39 is 47.0 Å². The minimum absolute atomic E-state index is 0.188. The van der Waals surface area contributed by atoms with Gasteiger partial charge in [0.2, 0.25) is 0 Å². The minimum Gasteiger partial charge on any atom is -0.453 e. The lowest BCUT2D eigenvalue weighted by Gasteiger charge is -2.33. The van der Waals surface area contributed by atoms with Gasteiger partial charge in [0.15, 0.2) is 5.78 Å². The normalized spacial score (nSPS) is 17.6. The quantitative estimate of drug-likeness (QED) is 0.483. The Morgan fingerprint density at radius 3 is 2.55 bits per heavy atom. The molecule has 0 aliphatic carbocycles. The number of methoxy groups -OCH3 is 1. The van der Waals surface area contributed by atoms with Gasteiger partial charge in [0.25, 0.3) is 5.91 Å². The molecule has 0 aromatic heterocycles. The number of morpholine rings is 1. The van der Waals surface area contributed by atoms with E-state index in [0.29, 0.717) is 18.3 Å². The van der Waals surface area contributed by atoms with Gasteiger partial charge in [0, 0.05) is 30.4 Å². The predicted molar refractivity (Wildman–Crippen MR) is 104 cm³/mol. The number of amides is 2. The molecule has 0 radical (unpaired) electrons. The van der Waals surface area contributed by atoms with Gasteiger partial charge in [-0.3, -0.25) is 9.59 Å². The van der Waals surface area contributed by atoms with E-state index >= 15 is 0 Å². The fourth-order valence-corrected chi connectivity index (χ4v) is 3.80. The van der Waals surface area contributed by atoms with Crippen LogP contribution in [0.1, 0.15) is 33.6 Å². The molecular weight excluding hydrogens is 454 g/mol. The molecule has 1 saturated heterocycles. The molecule has 0 saturated carbocycles. The number of ether oxygens (including phenoxy) is 2. The van der Waals surface area contributed by atoms with Gasteiger partial charge >= 0.3 is 6.09 Å². The fourth-order valence-electron chi connectivity index (χ4n) is 3.25. The first-order valence-corrected chi connectivity index (χ1v) is 10.2. The Labute approximate surface area is 175 Å². The lowest BCUT2D eigenvalue weighted by Crippen LogP contribution is -2.46. The summed E-state index contributed by atoms with van der Waals surface area (Å²) in [7, 11) is 2.61. The molecule has 29 heavy (non-hydrogen) atoms. The van der Waals surface area contributed by atoms with Gasteiger partial charge in [0.1, 0.15) is 11.6 Å². The molecule has 1 aliphatic heterocycles. The maximum atomic E-state index is 14.5. The summed E-state index contributed by atoms with van der Waals surface area (Å²) in [4.78, 5) is 37.7. The van der Waals surface area contributed by atoms with Crippen LogP contribution in [-0.4, -0.2) is 68.0 Å². The largest absolute Gasteiger partial charge is 0.453 e. The highest BCUT2D eigenvalue weighted by atomic mass is 79.9. The number of alkyl halides is 1. The summed E-state index contributed by atoms with van der Waals surface area (Å²) >= 11 is 3.26. The first-order chi connectivity index (χ1) is 13.8. The monoisotopic (exact) mass is 476 g/mol. The highest BCUT2D eigenvalue weighted by Gasteiger charge is 2.32. The number of rotatable bonds is 7. The molecule has 160 valence electrons. The molecule has 1 N–H and O–H groups in total. The number of nitrogens with one attached hydrogen (secondary N) is 1. The second kappa shape index (κ2) is 10.6. The van der Waals surface area contributed by atoms with E-state index in [-0.39, 0.29) is 25.1 Å². The maximum Gasteiger partial charge on any atom is 0.409 e. The van der Waals surface area contributed by atoms with Gasteiger partial charge in [0.05, 0.1) is 31.9 Å². The molecule has 10 heteroatoms. The Morgan fingerprint density at radius 2 is 2.00 bits per heavy atom. The number of hydrogen-bond acceptors (Lipinski definition) is 5. The van der Waals surface area contributed by atoms with Crippen LogP contribution in [0.25, 0.3) is 0 Å². The standard InChI is InChI=1S/C19H23BrF2N2O5/c1-23-18(26)12-8-14(21)16(15(22)9-12)17(25)11(3-4-20)7-13-10-24(5-6-29-13)19(27)28-2/h8-9,11,13H,3-7,10H2,1-2H3,(H,23,26)/t11?,13-/m0/s1. The van der Waals surface area contributed by atoms with Crippen LogP contribution in [0, 0.1) is 17.6 Å². The van der Waals surface area contributed by atoms with Crippen molar-refractivity contribution in [2.24, 2.45) is 5.92 Å². The van der Waals surface area contributed by atoms with E-state index in [9.17, 15) is 23.2 Å². The summed E-state index contributed by atoms with van der Waals surface area (Å²) in [6.45, 7) is 0.863. The zero-order valence-corrected chi connectivity index (χ0v) is 17.8. The summed E-state index contributed by atoms with van der Waals surface area (Å²) in [5.74, 6) is -4.27. The molecule has 1 fully saturated rings. The number of halogens is 3. The van der Waals surface area contributed by atoms with Gasteiger partial charge in [-0.2, -0.15) is 0 Å². The fraction of sp³-hybridized carbons (Fsp3) is 0.526. The van der Waals surface area contributed by atoms with Crippen LogP contribution in [0.15, 0.2) is 12.1 Å². The minimum atomic E-state index is -1.09. The number of hydrogen-bond donors (Lipinski definition) is 1. The van der Waals surface area contributed by atoms with Crippen molar-refractivity contribution in [1.29, 1.82) is 0 Å². The number of nitrogens with zero attached hydrogens (tertiary/aromatic N) is 1. The lowest BCUT2D eigenvalue weighted by molar-refractivity contribution is -0.0334. The SMILES string of the molecule is CNC(=O)c1cc(F)c(C(=O)C(CCBr)C[C@H]2CN(C(=O)OC)CCO2)c(F)c1. The number of ketones is 1. The number of benzene rings is 1. The second-order valence-corrected chi connectivity index (χ2v) is 7.37. The molecule has 2 rings (SSSR count). The first-order valence-electron chi connectivity index (χ1n) is 9.08. The Hall–Kier alpha value is -2.07. The molecule has 1 heterocycles. The van der Waals surface area contributed by atoms with Gasteiger partial charge < -0.3 is 19.7 Å². The molecule has 1 aliphatic rings. The van der Waals surface area contributed by atoms with Crippen molar-refractivity contribution >= 4 is 33.7 Å². The van der Waals surface area contributed by atoms with Crippen molar-refractivity contribution in [3.05, 3.63) is 34.9 Å². The molecule has 0 bridgehead atoms. The van der Waals surface area contributed by atoms with Crippen molar-refractivity contribution < 1.29 is 32.6 Å². The van der Waals surface area contributed by atoms with E-state index in [1.165, 1.54) is 19.1 Å². The third-order valence-electron chi connectivity index (χ3n) is 4.73. The molecule has 2 atom stereocenters. The molecule has 0 spiro atoms. The maximum absolute atomic E-state index is 14.5. The van der Waals surface area contributed by atoms with Crippen molar-refractivity contribution in [3.63, 3.8) is 0 Å². The van der Waals surface area contributed by atoms with Crippen molar-refractivity contribution in [3.8, 4) is 0 Å². The van der Waals surface area contributed by atoms with Gasteiger partial charge in [-0.1, -0.05) is 15.9 Å². The topological polar surface area (TPSA) is 84.9 Å². The molecule has 1 aromatic rings. The predicted octanol–water partition coefficient (Wildman–Crippen LogP) is 2.77. The van der Waals surface area contributed by atoms with Gasteiger partial charge in [-0.05, 0) is 25.0 Å². The number of carbonyl (C=O) groups is 3. The Kier molecular flexibility index (Phi) is 8.51. The van der Waals surface area contributed by atoms with Crippen molar-refractivity contribution in [2.75, 3.05) is 39.2 Å². The Morgan fingerprint density at radius 1 is 1.34 bits per heavy atom. The summed E-state index contributed by atoms with van der Waals surface area (Å²) < 4.78 is 39.3. The second-order valence-electron chi connectivity index (χ2n) is 6.58. The smallest absolute Gasteiger partial charge is 0.409 e. The Bertz CT molecular complexity index is 754. The summed E-state index contributed by atoms with van der Waals surface area (Å²) in [5, 5.41) is 2.72. The number of carbonyl (C=O) groups excluding carboxylic acids is 3. The zero-order chi connectivity index (χ0) is 21.6. The van der Waals surface area contributed by atoms with Crippen LogP contribution in [0.2, 0.25) is 0 Å². The molecule has 2 amide bonds. The van der Waals surface area contributed by atoms with Gasteiger partial charge in [-0.25, -0.2) is 13.6 Å². The summed E-state index contributed by atoms with van der Waals surface area (Å²) in [6, 6.07) is 1.69. The van der Waals surface area contributed by atoms with Crippen molar-refractivity contribution in [2.45, 2.75) is 18.9 Å². The van der Waals surface area contributed by atoms with E-state index in [2.05, 4.69) is 21.2 Å². The van der Waals surface area contributed by atoms with Crippen LogP contribution in [-0.2, 0) is 9.47 Å². The van der Waals surface area contributed by atoms with E-state index in [1.807, 2.05) is 0 Å². The lowest BCUT2D eigenvalue weighted by atomic mass is 9.88. The van der Waals surface area contributed by atoms with E-state index in [1.54, 1.807) is 0 Å². The van der Waals surface area contributed by atoms with Gasteiger partial charge in [-0.15, -0.1) is 0 Å². The number of Topliss-reactive ketones (excluding diaryl/α,β-unsaturated/α-hetero) is 1. The average Bonchev–Trinajstić information content (AvgIpc) is 2.71. The molecular formula is C19H23BrF2N2O5. The van der Waals surface area contributed by atoms with Crippen LogP contribution >= 0.6 is 15.9 Å². The van der Waals surface area contributed by atoms with E-state index in [0.717, 1.165) is 12.1 Å². The molecule has 7 nitrogen and oxygen atoms in total. The first kappa shape index (κ1) is 23.2. The highest BCUT2D eigenvalue weighted by molar-refractivity contribution is 9.09. The van der Waals surface area contributed by atoms with Crippen LogP contribution in [0.5, 0.6) is 0 Å².